The number of rotatable bonds is 1. The van der Waals surface area contributed by atoms with Gasteiger partial charge in [-0.05, 0) is 12.1 Å². The maximum atomic E-state index is 10.9. The molecule has 3 aromatic rings. The minimum Gasteiger partial charge on any atom is -0.506 e. The molecule has 84 valence electrons. The first-order chi connectivity index (χ1) is 8.24. The van der Waals surface area contributed by atoms with Gasteiger partial charge in [0.15, 0.2) is 5.69 Å². The van der Waals surface area contributed by atoms with Crippen LogP contribution in [0.1, 0.15) is 5.69 Å². The lowest BCUT2D eigenvalue weighted by atomic mass is 10.0. The van der Waals surface area contributed by atoms with Gasteiger partial charge in [-0.1, -0.05) is 29.4 Å². The first-order valence-corrected chi connectivity index (χ1v) is 5.07. The number of nitroso groups, excluding NO2 is 1. The lowest BCUT2D eigenvalue weighted by molar-refractivity contribution is 0.451. The second kappa shape index (κ2) is 3.28. The first kappa shape index (κ1) is 9.77. The largest absolute Gasteiger partial charge is 0.506 e. The Hall–Kier alpha value is -2.43. The van der Waals surface area contributed by atoms with Gasteiger partial charge in [0.1, 0.15) is 5.75 Å². The molecule has 0 aliphatic heterocycles. The van der Waals surface area contributed by atoms with Gasteiger partial charge in [0.2, 0.25) is 5.58 Å². The van der Waals surface area contributed by atoms with E-state index in [1.165, 1.54) is 0 Å². The Morgan fingerprint density at radius 2 is 2.00 bits per heavy atom. The molecule has 0 bridgehead atoms. The average Bonchev–Trinajstić information content (AvgIpc) is 2.73. The van der Waals surface area contributed by atoms with Gasteiger partial charge in [-0.2, -0.15) is 0 Å². The van der Waals surface area contributed by atoms with Crippen LogP contribution in [0, 0.1) is 11.8 Å². The standard InChI is InChI=1S/C12H8N2O3/c1-6-9-11(15)8-5-3-2-4-7(8)10(13-16)12(9)17-14-6/h2-5,15H,1H3. The molecule has 2 aromatic carbocycles. The van der Waals surface area contributed by atoms with Crippen LogP contribution in [0.5, 0.6) is 5.75 Å². The summed E-state index contributed by atoms with van der Waals surface area (Å²) in [5, 5.41) is 18.5. The number of aromatic nitrogens is 1. The Bertz CT molecular complexity index is 746. The van der Waals surface area contributed by atoms with E-state index >= 15 is 0 Å². The summed E-state index contributed by atoms with van der Waals surface area (Å²) >= 11 is 0. The number of fused-ring (bicyclic) bond motifs is 2. The fourth-order valence-corrected chi connectivity index (χ4v) is 2.05. The van der Waals surface area contributed by atoms with E-state index in [9.17, 15) is 10.0 Å². The van der Waals surface area contributed by atoms with E-state index in [0.717, 1.165) is 0 Å². The third kappa shape index (κ3) is 1.16. The van der Waals surface area contributed by atoms with Crippen molar-refractivity contribution in [1.29, 1.82) is 0 Å². The van der Waals surface area contributed by atoms with Crippen LogP contribution in [0.15, 0.2) is 34.0 Å². The highest BCUT2D eigenvalue weighted by Crippen LogP contribution is 2.42. The van der Waals surface area contributed by atoms with Crippen molar-refractivity contribution in [2.24, 2.45) is 5.18 Å². The van der Waals surface area contributed by atoms with Crippen LogP contribution in [-0.2, 0) is 0 Å². The molecule has 0 atom stereocenters. The summed E-state index contributed by atoms with van der Waals surface area (Å²) in [6.45, 7) is 1.70. The predicted octanol–water partition coefficient (Wildman–Crippen LogP) is 3.39. The van der Waals surface area contributed by atoms with Crippen molar-refractivity contribution in [3.8, 4) is 5.75 Å². The molecule has 1 heterocycles. The van der Waals surface area contributed by atoms with E-state index in [1.54, 1.807) is 31.2 Å². The van der Waals surface area contributed by atoms with Crippen LogP contribution in [0.3, 0.4) is 0 Å². The fourth-order valence-electron chi connectivity index (χ4n) is 2.05. The SMILES string of the molecule is Cc1noc2c(N=O)c3ccccc3c(O)c12. The number of benzene rings is 2. The molecule has 5 nitrogen and oxygen atoms in total. The number of phenolic OH excluding ortho intramolecular Hbond substituents is 1. The van der Waals surface area contributed by atoms with E-state index in [1.807, 2.05) is 0 Å². The Labute approximate surface area is 95.6 Å². The Morgan fingerprint density at radius 3 is 2.71 bits per heavy atom. The van der Waals surface area contributed by atoms with Gasteiger partial charge in [0.05, 0.1) is 11.1 Å². The van der Waals surface area contributed by atoms with E-state index < -0.39 is 0 Å². The minimum atomic E-state index is 0.0711. The number of hydrogen-bond donors (Lipinski definition) is 1. The zero-order valence-electron chi connectivity index (χ0n) is 8.97. The molecule has 0 radical (unpaired) electrons. The topological polar surface area (TPSA) is 75.7 Å². The average molecular weight is 228 g/mol. The van der Waals surface area contributed by atoms with Crippen LogP contribution in [0.2, 0.25) is 0 Å². The van der Waals surface area contributed by atoms with Crippen molar-refractivity contribution >= 4 is 27.4 Å². The molecule has 0 aliphatic carbocycles. The number of nitrogens with zero attached hydrogens (tertiary/aromatic N) is 2. The van der Waals surface area contributed by atoms with Gasteiger partial charge >= 0.3 is 0 Å². The van der Waals surface area contributed by atoms with Gasteiger partial charge in [-0.25, -0.2) is 0 Å². The summed E-state index contributed by atoms with van der Waals surface area (Å²) in [5.41, 5.74) is 0.941. The molecule has 17 heavy (non-hydrogen) atoms. The van der Waals surface area contributed by atoms with E-state index in [0.29, 0.717) is 21.9 Å². The van der Waals surface area contributed by atoms with Crippen molar-refractivity contribution in [2.45, 2.75) is 6.92 Å². The quantitative estimate of drug-likeness (QED) is 0.647. The van der Waals surface area contributed by atoms with Crippen LogP contribution < -0.4 is 0 Å². The molecule has 0 unspecified atom stereocenters. The zero-order chi connectivity index (χ0) is 12.0. The van der Waals surface area contributed by atoms with Crippen molar-refractivity contribution in [2.75, 3.05) is 0 Å². The van der Waals surface area contributed by atoms with E-state index in [4.69, 9.17) is 4.52 Å². The van der Waals surface area contributed by atoms with Crippen molar-refractivity contribution in [3.05, 3.63) is 34.9 Å². The highest BCUT2D eigenvalue weighted by Gasteiger charge is 2.19. The molecular formula is C12H8N2O3. The van der Waals surface area contributed by atoms with Crippen LogP contribution in [0.4, 0.5) is 5.69 Å². The van der Waals surface area contributed by atoms with Crippen LogP contribution in [-0.4, -0.2) is 10.3 Å². The minimum absolute atomic E-state index is 0.0711. The van der Waals surface area contributed by atoms with Gasteiger partial charge < -0.3 is 9.63 Å². The molecule has 0 saturated carbocycles. The molecule has 0 aliphatic rings. The van der Waals surface area contributed by atoms with Crippen LogP contribution in [0.25, 0.3) is 21.7 Å². The molecule has 0 fully saturated rings. The second-order valence-electron chi connectivity index (χ2n) is 3.81. The lowest BCUT2D eigenvalue weighted by Crippen LogP contribution is -1.79. The third-order valence-electron chi connectivity index (χ3n) is 2.84. The van der Waals surface area contributed by atoms with E-state index in [2.05, 4.69) is 10.3 Å². The van der Waals surface area contributed by atoms with E-state index in [-0.39, 0.29) is 17.0 Å². The molecule has 1 N–H and O–H groups in total. The van der Waals surface area contributed by atoms with Gasteiger partial charge in [-0.3, -0.25) is 0 Å². The van der Waals surface area contributed by atoms with Crippen molar-refractivity contribution in [1.82, 2.24) is 5.16 Å². The number of phenols is 1. The second-order valence-corrected chi connectivity index (χ2v) is 3.81. The number of aromatic hydroxyl groups is 1. The smallest absolute Gasteiger partial charge is 0.200 e. The molecule has 0 saturated heterocycles. The number of hydrogen-bond acceptors (Lipinski definition) is 5. The summed E-state index contributed by atoms with van der Waals surface area (Å²) in [5.74, 6) is 0.0711. The van der Waals surface area contributed by atoms with Crippen LogP contribution >= 0.6 is 0 Å². The summed E-state index contributed by atoms with van der Waals surface area (Å²) in [6.07, 6.45) is 0. The maximum Gasteiger partial charge on any atom is 0.200 e. The maximum absolute atomic E-state index is 10.9. The highest BCUT2D eigenvalue weighted by molar-refractivity contribution is 6.12. The Morgan fingerprint density at radius 1 is 1.29 bits per heavy atom. The number of aryl methyl sites for hydroxylation is 1. The zero-order valence-corrected chi connectivity index (χ0v) is 8.97. The molecule has 0 spiro atoms. The summed E-state index contributed by atoms with van der Waals surface area (Å²) in [4.78, 5) is 10.9. The first-order valence-electron chi connectivity index (χ1n) is 5.07. The van der Waals surface area contributed by atoms with Gasteiger partial charge in [0, 0.05) is 10.8 Å². The predicted molar refractivity (Wildman–Crippen MR) is 63.4 cm³/mol. The molecule has 0 amide bonds. The summed E-state index contributed by atoms with van der Waals surface area (Å²) in [7, 11) is 0. The Balaban J connectivity index is 2.70. The van der Waals surface area contributed by atoms with Crippen molar-refractivity contribution < 1.29 is 9.63 Å². The highest BCUT2D eigenvalue weighted by atomic mass is 16.5. The molecular weight excluding hydrogens is 220 g/mol. The van der Waals surface area contributed by atoms with Crippen molar-refractivity contribution in [3.63, 3.8) is 0 Å². The monoisotopic (exact) mass is 228 g/mol. The Kier molecular flexibility index (Phi) is 1.89. The fraction of sp³-hybridized carbons (Fsp3) is 0.0833. The summed E-state index contributed by atoms with van der Waals surface area (Å²) in [6, 6.07) is 6.99. The molecule has 5 heteroatoms. The summed E-state index contributed by atoms with van der Waals surface area (Å²) < 4.78 is 5.06. The van der Waals surface area contributed by atoms with Gasteiger partial charge in [0.25, 0.3) is 0 Å². The molecule has 3 rings (SSSR count). The lowest BCUT2D eigenvalue weighted by Gasteiger charge is -2.03. The normalized spacial score (nSPS) is 11.1. The third-order valence-corrected chi connectivity index (χ3v) is 2.84. The van der Waals surface area contributed by atoms with Gasteiger partial charge in [-0.15, -0.1) is 4.91 Å². The molecule has 1 aromatic heterocycles.